The van der Waals surface area contributed by atoms with Crippen LogP contribution in [-0.4, -0.2) is 18.5 Å². The molecule has 31 heavy (non-hydrogen) atoms. The Morgan fingerprint density at radius 1 is 0.839 bits per heavy atom. The third kappa shape index (κ3) is 5.08. The van der Waals surface area contributed by atoms with Crippen LogP contribution in [0.2, 0.25) is 0 Å². The van der Waals surface area contributed by atoms with Gasteiger partial charge < -0.3 is 20.9 Å². The van der Waals surface area contributed by atoms with Crippen molar-refractivity contribution in [1.29, 1.82) is 0 Å². The lowest BCUT2D eigenvalue weighted by molar-refractivity contribution is 0.102. The molecule has 4 rings (SSSR count). The van der Waals surface area contributed by atoms with Gasteiger partial charge in [0.1, 0.15) is 5.82 Å². The van der Waals surface area contributed by atoms with Crippen molar-refractivity contribution >= 4 is 34.7 Å². The molecular weight excluding hydrogens is 395 g/mol. The van der Waals surface area contributed by atoms with Crippen molar-refractivity contribution in [1.82, 2.24) is 0 Å². The Bertz CT molecular complexity index is 1130. The zero-order valence-corrected chi connectivity index (χ0v) is 16.6. The molecule has 3 aromatic carbocycles. The summed E-state index contributed by atoms with van der Waals surface area (Å²) in [5, 5.41) is 8.28. The van der Waals surface area contributed by atoms with Gasteiger partial charge in [-0.1, -0.05) is 30.3 Å². The number of urea groups is 1. The van der Waals surface area contributed by atoms with Crippen molar-refractivity contribution in [2.45, 2.75) is 6.42 Å². The van der Waals surface area contributed by atoms with Gasteiger partial charge in [0.15, 0.2) is 0 Å². The molecule has 0 aromatic heterocycles. The second-order valence-electron chi connectivity index (χ2n) is 7.01. The molecule has 0 unspecified atom stereocenters. The Balaban J connectivity index is 1.55. The molecule has 3 aromatic rings. The zero-order chi connectivity index (χ0) is 21.6. The highest BCUT2D eigenvalue weighted by Gasteiger charge is 2.16. The predicted octanol–water partition coefficient (Wildman–Crippen LogP) is 5.45. The molecule has 0 saturated heterocycles. The van der Waals surface area contributed by atoms with Crippen LogP contribution in [0.15, 0.2) is 85.1 Å². The summed E-state index contributed by atoms with van der Waals surface area (Å²) in [4.78, 5) is 27.1. The predicted molar refractivity (Wildman–Crippen MR) is 121 cm³/mol. The van der Waals surface area contributed by atoms with Gasteiger partial charge in [0.25, 0.3) is 5.91 Å². The molecule has 0 atom stereocenters. The van der Waals surface area contributed by atoms with Gasteiger partial charge in [-0.25, -0.2) is 9.18 Å². The lowest BCUT2D eigenvalue weighted by atomic mass is 10.2. The van der Waals surface area contributed by atoms with Crippen LogP contribution < -0.4 is 20.9 Å². The number of nitrogens with one attached hydrogen (secondary N) is 3. The second kappa shape index (κ2) is 9.13. The number of amides is 3. The van der Waals surface area contributed by atoms with Gasteiger partial charge in [-0.05, 0) is 55.0 Å². The van der Waals surface area contributed by atoms with E-state index in [0.29, 0.717) is 22.6 Å². The van der Waals surface area contributed by atoms with Crippen LogP contribution in [-0.2, 0) is 0 Å². The Labute approximate surface area is 179 Å². The van der Waals surface area contributed by atoms with E-state index in [4.69, 9.17) is 0 Å². The quantitative estimate of drug-likeness (QED) is 0.518. The summed E-state index contributed by atoms with van der Waals surface area (Å²) in [5.74, 6) is -0.684. The largest absolute Gasteiger partial charge is 0.346 e. The molecule has 0 radical (unpaired) electrons. The number of hydrogen-bond acceptors (Lipinski definition) is 3. The molecule has 0 spiro atoms. The fourth-order valence-corrected chi connectivity index (χ4v) is 3.30. The lowest BCUT2D eigenvalue weighted by Gasteiger charge is -2.21. The van der Waals surface area contributed by atoms with Crippen LogP contribution in [0.5, 0.6) is 0 Å². The molecule has 3 amide bonds. The fourth-order valence-electron chi connectivity index (χ4n) is 3.30. The molecule has 1 aliphatic heterocycles. The Morgan fingerprint density at radius 3 is 2.39 bits per heavy atom. The van der Waals surface area contributed by atoms with E-state index in [1.54, 1.807) is 42.5 Å². The topological polar surface area (TPSA) is 73.5 Å². The van der Waals surface area contributed by atoms with Crippen LogP contribution in [0.3, 0.4) is 0 Å². The maximum absolute atomic E-state index is 13.4. The first kappa shape index (κ1) is 20.2. The van der Waals surface area contributed by atoms with Crippen LogP contribution in [0, 0.1) is 5.82 Å². The van der Waals surface area contributed by atoms with E-state index in [9.17, 15) is 14.0 Å². The summed E-state index contributed by atoms with van der Waals surface area (Å²) < 4.78 is 13.4. The van der Waals surface area contributed by atoms with E-state index in [1.165, 1.54) is 18.2 Å². The number of rotatable bonds is 5. The highest BCUT2D eigenvalue weighted by atomic mass is 19.1. The van der Waals surface area contributed by atoms with Gasteiger partial charge >= 0.3 is 6.03 Å². The number of anilines is 4. The monoisotopic (exact) mass is 416 g/mol. The Hall–Kier alpha value is -4.13. The molecule has 3 N–H and O–H groups in total. The molecule has 156 valence electrons. The van der Waals surface area contributed by atoms with Crippen molar-refractivity contribution in [3.05, 3.63) is 96.5 Å². The Kier molecular flexibility index (Phi) is 5.93. The normalized spacial score (nSPS) is 12.5. The maximum atomic E-state index is 13.4. The number of nitrogens with zero attached hydrogens (tertiary/aromatic N) is 1. The van der Waals surface area contributed by atoms with E-state index in [-0.39, 0.29) is 5.91 Å². The van der Waals surface area contributed by atoms with Crippen molar-refractivity contribution < 1.29 is 14.0 Å². The van der Waals surface area contributed by atoms with E-state index in [2.05, 4.69) is 16.0 Å². The molecular formula is C24H21FN4O2. The smallest absolute Gasteiger partial charge is 0.323 e. The second-order valence-corrected chi connectivity index (χ2v) is 7.01. The molecule has 1 aliphatic rings. The number of carbonyl (C=O) groups excluding carboxylic acids is 2. The van der Waals surface area contributed by atoms with Gasteiger partial charge in [0.2, 0.25) is 0 Å². The SMILES string of the molecule is O=C(Nc1cccc(F)c1)Nc1cc(NC(=O)c2ccccc2)ccc1N1C=CCC1. The molecule has 0 bridgehead atoms. The first-order valence-electron chi connectivity index (χ1n) is 9.86. The maximum Gasteiger partial charge on any atom is 0.323 e. The number of carbonyl (C=O) groups is 2. The summed E-state index contributed by atoms with van der Waals surface area (Å²) in [6, 6.07) is 19.4. The van der Waals surface area contributed by atoms with Crippen molar-refractivity contribution in [3.63, 3.8) is 0 Å². The zero-order valence-electron chi connectivity index (χ0n) is 16.6. The summed E-state index contributed by atoms with van der Waals surface area (Å²) in [6.07, 6.45) is 4.90. The minimum atomic E-state index is -0.512. The summed E-state index contributed by atoms with van der Waals surface area (Å²) >= 11 is 0. The van der Waals surface area contributed by atoms with Crippen molar-refractivity contribution in [2.24, 2.45) is 0 Å². The minimum Gasteiger partial charge on any atom is -0.346 e. The average Bonchev–Trinajstić information content (AvgIpc) is 3.29. The fraction of sp³-hybridized carbons (Fsp3) is 0.0833. The molecule has 6 nitrogen and oxygen atoms in total. The molecule has 7 heteroatoms. The minimum absolute atomic E-state index is 0.246. The van der Waals surface area contributed by atoms with Gasteiger partial charge in [0, 0.05) is 29.7 Å². The van der Waals surface area contributed by atoms with E-state index in [0.717, 1.165) is 18.7 Å². The van der Waals surface area contributed by atoms with E-state index >= 15 is 0 Å². The highest BCUT2D eigenvalue weighted by Crippen LogP contribution is 2.31. The van der Waals surface area contributed by atoms with Crippen molar-refractivity contribution in [2.75, 3.05) is 27.4 Å². The molecule has 1 heterocycles. The highest BCUT2D eigenvalue weighted by molar-refractivity contribution is 6.06. The molecule has 0 saturated carbocycles. The van der Waals surface area contributed by atoms with Gasteiger partial charge in [-0.15, -0.1) is 0 Å². The van der Waals surface area contributed by atoms with Gasteiger partial charge in [-0.3, -0.25) is 4.79 Å². The van der Waals surface area contributed by atoms with Crippen molar-refractivity contribution in [3.8, 4) is 0 Å². The summed E-state index contributed by atoms with van der Waals surface area (Å²) in [6.45, 7) is 0.788. The standard InChI is InChI=1S/C24H21FN4O2/c25-18-9-6-10-19(15-18)27-24(31)28-21-16-20(11-12-22(21)29-13-4-5-14-29)26-23(30)17-7-2-1-3-8-17/h1-4,6-13,15-16H,5,14H2,(H,26,30)(H2,27,28,31). The van der Waals surface area contributed by atoms with Crippen LogP contribution in [0.25, 0.3) is 0 Å². The van der Waals surface area contributed by atoms with Crippen LogP contribution >= 0.6 is 0 Å². The third-order valence-electron chi connectivity index (χ3n) is 4.75. The van der Waals surface area contributed by atoms with Crippen LogP contribution in [0.1, 0.15) is 16.8 Å². The molecule has 0 aliphatic carbocycles. The first-order chi connectivity index (χ1) is 15.1. The number of halogens is 1. The third-order valence-corrected chi connectivity index (χ3v) is 4.75. The van der Waals surface area contributed by atoms with Gasteiger partial charge in [-0.2, -0.15) is 0 Å². The van der Waals surface area contributed by atoms with Crippen LogP contribution in [0.4, 0.5) is 31.9 Å². The summed E-state index contributed by atoms with van der Waals surface area (Å²) in [7, 11) is 0. The first-order valence-corrected chi connectivity index (χ1v) is 9.86. The number of benzene rings is 3. The average molecular weight is 416 g/mol. The lowest BCUT2D eigenvalue weighted by Crippen LogP contribution is -2.22. The van der Waals surface area contributed by atoms with E-state index < -0.39 is 11.8 Å². The number of hydrogen-bond donors (Lipinski definition) is 3. The summed E-state index contributed by atoms with van der Waals surface area (Å²) in [5.41, 5.74) is 2.73. The Morgan fingerprint density at radius 2 is 1.65 bits per heavy atom. The van der Waals surface area contributed by atoms with E-state index in [1.807, 2.05) is 29.3 Å². The molecule has 0 fully saturated rings. The van der Waals surface area contributed by atoms with Gasteiger partial charge in [0.05, 0.1) is 11.4 Å².